The lowest BCUT2D eigenvalue weighted by atomic mass is 9.30. The molecule has 57 heavy (non-hydrogen) atoms. The highest BCUT2D eigenvalue weighted by Crippen LogP contribution is 2.41. The van der Waals surface area contributed by atoms with E-state index in [1.54, 1.807) is 6.07 Å². The van der Waals surface area contributed by atoms with Crippen LogP contribution in [0.5, 0.6) is 0 Å². The van der Waals surface area contributed by atoms with Crippen LogP contribution in [0.2, 0.25) is 0 Å². The molecule has 0 unspecified atom stereocenters. The van der Waals surface area contributed by atoms with Crippen molar-refractivity contribution in [3.8, 4) is 39.4 Å². The van der Waals surface area contributed by atoms with Gasteiger partial charge in [-0.15, -0.1) is 0 Å². The van der Waals surface area contributed by atoms with Gasteiger partial charge in [-0.05, 0) is 97.7 Å². The predicted octanol–water partition coefficient (Wildman–Crippen LogP) is 7.40. The Balaban J connectivity index is 1.31. The zero-order chi connectivity index (χ0) is 38.6. The molecule has 0 spiro atoms. The smallest absolute Gasteiger partial charge is 0.246 e. The van der Waals surface area contributed by atoms with Crippen LogP contribution >= 0.6 is 0 Å². The van der Waals surface area contributed by atoms with E-state index in [0.717, 1.165) is 56.1 Å². The lowest BCUT2D eigenvalue weighted by molar-refractivity contribution is 1.30. The molecular formula is C50H33B2N5. The van der Waals surface area contributed by atoms with Crippen LogP contribution in [0.15, 0.2) is 176 Å². The van der Waals surface area contributed by atoms with Crippen molar-refractivity contribution in [1.82, 2.24) is 0 Å². The third-order valence-corrected chi connectivity index (χ3v) is 11.5. The van der Waals surface area contributed by atoms with Gasteiger partial charge in [0, 0.05) is 28.4 Å². The lowest BCUT2D eigenvalue weighted by Crippen LogP contribution is -2.65. The van der Waals surface area contributed by atoms with Gasteiger partial charge < -0.3 is 16.4 Å². The number of rotatable bonds is 5. The molecule has 0 fully saturated rings. The summed E-state index contributed by atoms with van der Waals surface area (Å²) >= 11 is 0. The zero-order valence-corrected chi connectivity index (χ0v) is 30.9. The van der Waals surface area contributed by atoms with Gasteiger partial charge in [0.05, 0.1) is 18.2 Å². The van der Waals surface area contributed by atoms with Crippen LogP contribution in [0.3, 0.4) is 0 Å². The van der Waals surface area contributed by atoms with Gasteiger partial charge in [-0.1, -0.05) is 144 Å². The third kappa shape index (κ3) is 5.65. The topological polar surface area (TPSA) is 83.4 Å². The number of nitriles is 1. The molecule has 264 valence electrons. The van der Waals surface area contributed by atoms with E-state index in [4.69, 9.17) is 18.0 Å². The standard InChI is InChI=1S/C50H33B2N5/c1-56-47-30-36(12-13-37(47)31-53)38-28-45-50-46(29-38)52(40-10-6-3-7-11-40)44-27-35(33-16-22-42(55)23-17-33)19-25-49(44)57(50)48-24-18-34(32-14-20-41(54)21-15-32)26-43(48)51(45)39-8-4-2-5-9-39/h2-30H,54-55H2. The second-order valence-electron chi connectivity index (χ2n) is 14.8. The normalized spacial score (nSPS) is 12.2. The first-order valence-electron chi connectivity index (χ1n) is 19.0. The van der Waals surface area contributed by atoms with E-state index in [2.05, 4.69) is 149 Å². The second kappa shape index (κ2) is 13.5. The third-order valence-electron chi connectivity index (χ3n) is 11.5. The van der Waals surface area contributed by atoms with Crippen molar-refractivity contribution < 1.29 is 0 Å². The van der Waals surface area contributed by atoms with E-state index in [1.807, 2.05) is 36.4 Å². The molecule has 0 aliphatic carbocycles. The fourth-order valence-corrected chi connectivity index (χ4v) is 8.85. The van der Waals surface area contributed by atoms with Gasteiger partial charge in [0.1, 0.15) is 0 Å². The Hall–Kier alpha value is -7.73. The predicted molar refractivity (Wildman–Crippen MR) is 239 cm³/mol. The highest BCUT2D eigenvalue weighted by molar-refractivity contribution is 7.02. The van der Waals surface area contributed by atoms with E-state index in [-0.39, 0.29) is 13.4 Å². The Morgan fingerprint density at radius 2 is 0.895 bits per heavy atom. The highest BCUT2D eigenvalue weighted by Gasteiger charge is 2.44. The molecule has 8 aromatic rings. The van der Waals surface area contributed by atoms with Crippen molar-refractivity contribution in [3.63, 3.8) is 0 Å². The van der Waals surface area contributed by atoms with Crippen LogP contribution in [-0.2, 0) is 0 Å². The average molecular weight is 725 g/mol. The van der Waals surface area contributed by atoms with Crippen molar-refractivity contribution in [2.24, 2.45) is 0 Å². The molecule has 10 rings (SSSR count). The molecule has 0 bridgehead atoms. The molecular weight excluding hydrogens is 692 g/mol. The van der Waals surface area contributed by atoms with Gasteiger partial charge in [0.25, 0.3) is 0 Å². The minimum atomic E-state index is -0.106. The molecule has 0 atom stereocenters. The number of nitrogen functional groups attached to an aromatic ring is 2. The van der Waals surface area contributed by atoms with Crippen LogP contribution in [0.1, 0.15) is 5.56 Å². The SMILES string of the molecule is [C-]#[N+]c1cc(-c2cc3c4c(c2)B(c2ccccc2)c2cc(-c5ccc(N)cc5)ccc2N4c2ccc(-c4ccc(N)cc4)cc2B3c2ccccc2)ccc1C#N. The molecule has 2 aliphatic heterocycles. The minimum Gasteiger partial charge on any atom is -0.399 e. The van der Waals surface area contributed by atoms with Crippen molar-refractivity contribution in [1.29, 1.82) is 5.26 Å². The summed E-state index contributed by atoms with van der Waals surface area (Å²) < 4.78 is 0. The maximum Gasteiger partial charge on any atom is 0.246 e. The lowest BCUT2D eigenvalue weighted by Gasteiger charge is -2.44. The number of fused-ring (bicyclic) bond motifs is 4. The number of hydrogen-bond acceptors (Lipinski definition) is 4. The number of hydrogen-bond donors (Lipinski definition) is 2. The van der Waals surface area contributed by atoms with Crippen molar-refractivity contribution in [3.05, 3.63) is 193 Å². The van der Waals surface area contributed by atoms with Crippen LogP contribution in [0.25, 0.3) is 38.2 Å². The molecule has 2 heterocycles. The summed E-state index contributed by atoms with van der Waals surface area (Å²) in [6.45, 7) is 7.71. The first-order chi connectivity index (χ1) is 28.0. The maximum absolute atomic E-state index is 9.82. The highest BCUT2D eigenvalue weighted by atomic mass is 15.2. The fourth-order valence-electron chi connectivity index (χ4n) is 8.85. The Bertz CT molecular complexity index is 2790. The monoisotopic (exact) mass is 725 g/mol. The molecule has 0 aromatic heterocycles. The molecule has 4 N–H and O–H groups in total. The van der Waals surface area contributed by atoms with Gasteiger partial charge >= 0.3 is 0 Å². The summed E-state index contributed by atoms with van der Waals surface area (Å²) in [5.41, 5.74) is 31.3. The second-order valence-corrected chi connectivity index (χ2v) is 14.8. The van der Waals surface area contributed by atoms with Gasteiger partial charge in [0.2, 0.25) is 19.1 Å². The summed E-state index contributed by atoms with van der Waals surface area (Å²) in [6, 6.07) is 63.8. The zero-order valence-electron chi connectivity index (χ0n) is 30.9. The number of nitrogens with zero attached hydrogens (tertiary/aromatic N) is 3. The summed E-state index contributed by atoms with van der Waals surface area (Å²) in [4.78, 5) is 6.23. The van der Waals surface area contributed by atoms with Crippen LogP contribution in [0, 0.1) is 17.9 Å². The number of nitrogens with two attached hydrogens (primary N) is 2. The number of benzene rings is 8. The van der Waals surface area contributed by atoms with E-state index in [9.17, 15) is 5.26 Å². The fraction of sp³-hybridized carbons (Fsp3) is 0. The molecule has 0 saturated carbocycles. The van der Waals surface area contributed by atoms with Gasteiger partial charge in [-0.25, -0.2) is 4.85 Å². The molecule has 0 radical (unpaired) electrons. The summed E-state index contributed by atoms with van der Waals surface area (Å²) in [5, 5.41) is 9.82. The Morgan fingerprint density at radius 3 is 1.35 bits per heavy atom. The van der Waals surface area contributed by atoms with Gasteiger partial charge in [-0.3, -0.25) is 0 Å². The van der Waals surface area contributed by atoms with Crippen LogP contribution in [-0.4, -0.2) is 13.4 Å². The maximum atomic E-state index is 9.82. The minimum absolute atomic E-state index is 0.106. The molecule has 2 aliphatic rings. The van der Waals surface area contributed by atoms with E-state index in [0.29, 0.717) is 11.3 Å². The average Bonchev–Trinajstić information content (AvgIpc) is 3.26. The van der Waals surface area contributed by atoms with Crippen molar-refractivity contribution in [2.75, 3.05) is 16.4 Å². The summed E-state index contributed by atoms with van der Waals surface area (Å²) in [5.74, 6) is 0. The van der Waals surface area contributed by atoms with Crippen molar-refractivity contribution in [2.45, 2.75) is 0 Å². The van der Waals surface area contributed by atoms with E-state index < -0.39 is 0 Å². The van der Waals surface area contributed by atoms with E-state index in [1.165, 1.54) is 38.5 Å². The van der Waals surface area contributed by atoms with Gasteiger partial charge in [0.15, 0.2) is 0 Å². The number of anilines is 5. The summed E-state index contributed by atoms with van der Waals surface area (Å²) in [6.07, 6.45) is 0. The van der Waals surface area contributed by atoms with Crippen LogP contribution in [0.4, 0.5) is 34.1 Å². The van der Waals surface area contributed by atoms with Crippen LogP contribution < -0.4 is 49.1 Å². The molecule has 0 saturated heterocycles. The Morgan fingerprint density at radius 1 is 0.474 bits per heavy atom. The molecule has 0 amide bonds. The van der Waals surface area contributed by atoms with Crippen molar-refractivity contribution >= 4 is 80.3 Å². The largest absolute Gasteiger partial charge is 0.399 e. The first kappa shape index (κ1) is 33.8. The Labute approximate surface area is 333 Å². The molecule has 5 nitrogen and oxygen atoms in total. The molecule has 8 aromatic carbocycles. The Kier molecular flexibility index (Phi) is 8.03. The molecule has 7 heteroatoms. The summed E-state index contributed by atoms with van der Waals surface area (Å²) in [7, 11) is 0. The van der Waals surface area contributed by atoms with E-state index >= 15 is 0 Å². The van der Waals surface area contributed by atoms with Gasteiger partial charge in [-0.2, -0.15) is 5.26 Å². The quantitative estimate of drug-likeness (QED) is 0.110. The first-order valence-corrected chi connectivity index (χ1v) is 19.0.